The molecule has 0 fully saturated rings. The Labute approximate surface area is 181 Å². The van der Waals surface area contributed by atoms with Crippen LogP contribution >= 0.6 is 23.4 Å². The zero-order valence-electron chi connectivity index (χ0n) is 15.8. The van der Waals surface area contributed by atoms with Crippen molar-refractivity contribution in [2.24, 2.45) is 0 Å². The SMILES string of the molecule is CSc1ccc(-c2nnc(Oc3ccc(F)cc3F)cc2-c2ccc(Cl)cc2)cc1. The molecule has 4 rings (SSSR count). The molecule has 0 unspecified atom stereocenters. The fraction of sp³-hybridized carbons (Fsp3) is 0.0435. The quantitative estimate of drug-likeness (QED) is 0.306. The lowest BCUT2D eigenvalue weighted by atomic mass is 10.00. The predicted octanol–water partition coefficient (Wildman–Crippen LogP) is 7.26. The first-order chi connectivity index (χ1) is 14.5. The fourth-order valence-electron chi connectivity index (χ4n) is 2.91. The second-order valence-corrected chi connectivity index (χ2v) is 7.67. The van der Waals surface area contributed by atoms with E-state index >= 15 is 0 Å². The Morgan fingerprint density at radius 2 is 1.53 bits per heavy atom. The van der Waals surface area contributed by atoms with Crippen LogP contribution in [0.25, 0.3) is 22.4 Å². The van der Waals surface area contributed by atoms with Crippen LogP contribution in [0.4, 0.5) is 8.78 Å². The fourth-order valence-corrected chi connectivity index (χ4v) is 3.44. The van der Waals surface area contributed by atoms with Gasteiger partial charge in [0.05, 0.1) is 0 Å². The van der Waals surface area contributed by atoms with E-state index in [1.165, 1.54) is 6.07 Å². The highest BCUT2D eigenvalue weighted by Crippen LogP contribution is 2.35. The van der Waals surface area contributed by atoms with Crippen LogP contribution < -0.4 is 4.74 Å². The maximum absolute atomic E-state index is 14.0. The molecular formula is C23H15ClF2N2OS. The van der Waals surface area contributed by atoms with Gasteiger partial charge >= 0.3 is 0 Å². The lowest BCUT2D eigenvalue weighted by Crippen LogP contribution is -1.98. The Balaban J connectivity index is 1.79. The van der Waals surface area contributed by atoms with E-state index in [0.29, 0.717) is 10.7 Å². The van der Waals surface area contributed by atoms with Crippen molar-refractivity contribution in [3.05, 3.63) is 89.5 Å². The molecule has 0 atom stereocenters. The van der Waals surface area contributed by atoms with Gasteiger partial charge in [-0.1, -0.05) is 35.9 Å². The van der Waals surface area contributed by atoms with Gasteiger partial charge in [0.2, 0.25) is 5.88 Å². The van der Waals surface area contributed by atoms with Crippen LogP contribution in [-0.4, -0.2) is 16.5 Å². The van der Waals surface area contributed by atoms with Gasteiger partial charge < -0.3 is 4.74 Å². The Morgan fingerprint density at radius 3 is 2.20 bits per heavy atom. The van der Waals surface area contributed by atoms with Crippen molar-refractivity contribution in [1.29, 1.82) is 0 Å². The number of hydrogen-bond acceptors (Lipinski definition) is 4. The maximum atomic E-state index is 14.0. The zero-order valence-corrected chi connectivity index (χ0v) is 17.3. The van der Waals surface area contributed by atoms with Crippen molar-refractivity contribution in [2.75, 3.05) is 6.26 Å². The number of thioether (sulfide) groups is 1. The first-order valence-corrected chi connectivity index (χ1v) is 10.5. The number of aromatic nitrogens is 2. The zero-order chi connectivity index (χ0) is 21.1. The van der Waals surface area contributed by atoms with Crippen LogP contribution in [0.2, 0.25) is 5.02 Å². The van der Waals surface area contributed by atoms with Crippen LogP contribution in [0.3, 0.4) is 0 Å². The van der Waals surface area contributed by atoms with E-state index in [1.54, 1.807) is 30.0 Å². The minimum Gasteiger partial charge on any atom is -0.434 e. The molecule has 0 amide bonds. The van der Waals surface area contributed by atoms with Crippen LogP contribution in [0.1, 0.15) is 0 Å². The third kappa shape index (κ3) is 4.45. The highest BCUT2D eigenvalue weighted by Gasteiger charge is 2.15. The minimum absolute atomic E-state index is 0.0925. The molecule has 7 heteroatoms. The van der Waals surface area contributed by atoms with E-state index in [0.717, 1.165) is 33.7 Å². The number of nitrogens with zero attached hydrogens (tertiary/aromatic N) is 2. The van der Waals surface area contributed by atoms with Gasteiger partial charge in [-0.3, -0.25) is 0 Å². The van der Waals surface area contributed by atoms with E-state index in [9.17, 15) is 8.78 Å². The summed E-state index contributed by atoms with van der Waals surface area (Å²) in [5.74, 6) is -1.54. The van der Waals surface area contributed by atoms with Gasteiger partial charge in [0.1, 0.15) is 11.5 Å². The van der Waals surface area contributed by atoms with Gasteiger partial charge in [-0.05, 0) is 48.2 Å². The summed E-state index contributed by atoms with van der Waals surface area (Å²) in [6.07, 6.45) is 2.01. The highest BCUT2D eigenvalue weighted by molar-refractivity contribution is 7.98. The molecule has 0 spiro atoms. The lowest BCUT2D eigenvalue weighted by molar-refractivity contribution is 0.419. The molecular weight excluding hydrogens is 426 g/mol. The normalized spacial score (nSPS) is 10.8. The molecule has 0 bridgehead atoms. The standard InChI is InChI=1S/C23H15ClF2N2OS/c1-30-18-9-4-15(5-10-18)23-19(14-2-6-16(24)7-3-14)13-22(27-28-23)29-21-11-8-17(25)12-20(21)26/h2-13H,1H3. The highest BCUT2D eigenvalue weighted by atomic mass is 35.5. The van der Waals surface area contributed by atoms with E-state index in [-0.39, 0.29) is 11.6 Å². The van der Waals surface area contributed by atoms with Crippen LogP contribution in [0.5, 0.6) is 11.6 Å². The number of rotatable bonds is 5. The van der Waals surface area contributed by atoms with E-state index < -0.39 is 11.6 Å². The summed E-state index contributed by atoms with van der Waals surface area (Å²) >= 11 is 7.68. The van der Waals surface area contributed by atoms with Crippen molar-refractivity contribution >= 4 is 23.4 Å². The molecule has 3 nitrogen and oxygen atoms in total. The minimum atomic E-state index is -0.818. The first kappa shape index (κ1) is 20.3. The summed E-state index contributed by atoms with van der Waals surface area (Å²) in [5, 5.41) is 9.04. The van der Waals surface area contributed by atoms with Crippen molar-refractivity contribution in [1.82, 2.24) is 10.2 Å². The van der Waals surface area contributed by atoms with Crippen LogP contribution in [0, 0.1) is 11.6 Å². The molecule has 0 saturated heterocycles. The molecule has 0 saturated carbocycles. The van der Waals surface area contributed by atoms with Crippen molar-refractivity contribution < 1.29 is 13.5 Å². The molecule has 0 N–H and O–H groups in total. The summed E-state index contributed by atoms with van der Waals surface area (Å²) in [6.45, 7) is 0. The van der Waals surface area contributed by atoms with E-state index in [1.807, 2.05) is 42.7 Å². The predicted molar refractivity (Wildman–Crippen MR) is 116 cm³/mol. The summed E-state index contributed by atoms with van der Waals surface area (Å²) in [5.41, 5.74) is 3.13. The van der Waals surface area contributed by atoms with Gasteiger partial charge in [0.25, 0.3) is 0 Å². The summed E-state index contributed by atoms with van der Waals surface area (Å²) in [4.78, 5) is 1.13. The monoisotopic (exact) mass is 440 g/mol. The molecule has 0 aliphatic rings. The molecule has 0 radical (unpaired) electrons. The van der Waals surface area contributed by atoms with Crippen molar-refractivity contribution in [3.63, 3.8) is 0 Å². The average molecular weight is 441 g/mol. The topological polar surface area (TPSA) is 35.0 Å². The third-order valence-electron chi connectivity index (χ3n) is 4.40. The molecule has 1 aromatic heterocycles. The Bertz CT molecular complexity index is 1180. The summed E-state index contributed by atoms with van der Waals surface area (Å²) in [6, 6.07) is 20.0. The number of ether oxygens (including phenoxy) is 1. The van der Waals surface area contributed by atoms with E-state index in [4.69, 9.17) is 16.3 Å². The smallest absolute Gasteiger partial charge is 0.239 e. The van der Waals surface area contributed by atoms with Crippen LogP contribution in [-0.2, 0) is 0 Å². The molecule has 0 aliphatic carbocycles. The molecule has 1 heterocycles. The largest absolute Gasteiger partial charge is 0.434 e. The maximum Gasteiger partial charge on any atom is 0.239 e. The van der Waals surface area contributed by atoms with Gasteiger partial charge in [-0.15, -0.1) is 22.0 Å². The molecule has 150 valence electrons. The number of halogens is 3. The molecule has 3 aromatic carbocycles. The molecule has 0 aliphatic heterocycles. The van der Waals surface area contributed by atoms with Crippen molar-refractivity contribution in [3.8, 4) is 34.0 Å². The third-order valence-corrected chi connectivity index (χ3v) is 5.39. The number of benzene rings is 3. The van der Waals surface area contributed by atoms with Crippen LogP contribution in [0.15, 0.2) is 77.7 Å². The molecule has 30 heavy (non-hydrogen) atoms. The Hall–Kier alpha value is -2.96. The second-order valence-electron chi connectivity index (χ2n) is 6.36. The molecule has 4 aromatic rings. The van der Waals surface area contributed by atoms with Gasteiger partial charge in [0, 0.05) is 33.2 Å². The summed E-state index contributed by atoms with van der Waals surface area (Å²) in [7, 11) is 0. The average Bonchev–Trinajstić information content (AvgIpc) is 2.76. The first-order valence-electron chi connectivity index (χ1n) is 8.94. The van der Waals surface area contributed by atoms with E-state index in [2.05, 4.69) is 10.2 Å². The van der Waals surface area contributed by atoms with Gasteiger partial charge in [-0.2, -0.15) is 0 Å². The van der Waals surface area contributed by atoms with Gasteiger partial charge in [-0.25, -0.2) is 8.78 Å². The Morgan fingerprint density at radius 1 is 0.833 bits per heavy atom. The Kier molecular flexibility index (Phi) is 5.97. The lowest BCUT2D eigenvalue weighted by Gasteiger charge is -2.12. The number of hydrogen-bond donors (Lipinski definition) is 0. The van der Waals surface area contributed by atoms with Crippen molar-refractivity contribution in [2.45, 2.75) is 4.90 Å². The summed E-state index contributed by atoms with van der Waals surface area (Å²) < 4.78 is 32.7. The van der Waals surface area contributed by atoms with Gasteiger partial charge in [0.15, 0.2) is 11.6 Å². The second kappa shape index (κ2) is 8.81.